The molecule has 5 aliphatic carbocycles. The fraction of sp³-hybridized carbons (Fsp3) is 0.583. The van der Waals surface area contributed by atoms with Crippen LogP contribution >= 0.6 is 0 Å². The Bertz CT molecular complexity index is 910. The van der Waals surface area contributed by atoms with Crippen LogP contribution in [0.4, 0.5) is 5.82 Å². The van der Waals surface area contributed by atoms with Crippen molar-refractivity contribution in [2.24, 2.45) is 17.3 Å². The van der Waals surface area contributed by atoms with Crippen molar-refractivity contribution in [2.75, 3.05) is 5.32 Å². The average Bonchev–Trinajstić information content (AvgIpc) is 3.11. The fourth-order valence-electron chi connectivity index (χ4n) is 6.53. The van der Waals surface area contributed by atoms with Crippen molar-refractivity contribution in [2.45, 2.75) is 69.9 Å². The highest BCUT2D eigenvalue weighted by atomic mass is 16.1. The van der Waals surface area contributed by atoms with Gasteiger partial charge in [0.05, 0.1) is 11.9 Å². The molecule has 1 heterocycles. The summed E-state index contributed by atoms with van der Waals surface area (Å²) in [5.74, 6) is 2.72. The Morgan fingerprint density at radius 2 is 1.83 bits per heavy atom. The van der Waals surface area contributed by atoms with E-state index in [0.717, 1.165) is 42.6 Å². The van der Waals surface area contributed by atoms with E-state index >= 15 is 0 Å². The maximum Gasteiger partial charge on any atom is 0.256 e. The summed E-state index contributed by atoms with van der Waals surface area (Å²) < 4.78 is 1.89. The van der Waals surface area contributed by atoms with E-state index in [0.29, 0.717) is 23.1 Å². The van der Waals surface area contributed by atoms with E-state index in [9.17, 15) is 4.79 Å². The van der Waals surface area contributed by atoms with Crippen LogP contribution < -0.4 is 10.6 Å². The highest BCUT2D eigenvalue weighted by molar-refractivity contribution is 5.99. The molecule has 0 radical (unpaired) electrons. The van der Waals surface area contributed by atoms with Crippen LogP contribution in [0, 0.1) is 17.3 Å². The summed E-state index contributed by atoms with van der Waals surface area (Å²) in [5, 5.41) is 11.7. The molecule has 29 heavy (non-hydrogen) atoms. The van der Waals surface area contributed by atoms with Gasteiger partial charge in [-0.2, -0.15) is 5.10 Å². The van der Waals surface area contributed by atoms with Crippen molar-refractivity contribution in [3.63, 3.8) is 0 Å². The summed E-state index contributed by atoms with van der Waals surface area (Å²) in [4.78, 5) is 13.4. The summed E-state index contributed by atoms with van der Waals surface area (Å²) in [6.07, 6.45) is 13.1. The summed E-state index contributed by atoms with van der Waals surface area (Å²) in [6, 6.07) is 10.9. The third kappa shape index (κ3) is 2.89. The molecule has 1 aromatic carbocycles. The van der Waals surface area contributed by atoms with Gasteiger partial charge in [0.25, 0.3) is 5.91 Å². The molecule has 2 aromatic rings. The zero-order valence-electron chi connectivity index (χ0n) is 16.9. The van der Waals surface area contributed by atoms with E-state index in [-0.39, 0.29) is 5.91 Å². The largest absolute Gasteiger partial charge is 0.367 e. The molecule has 152 valence electrons. The molecule has 5 aliphatic rings. The number of carbonyl (C=O) groups excluding carboxylic acids is 1. The Morgan fingerprint density at radius 1 is 1.03 bits per heavy atom. The zero-order valence-corrected chi connectivity index (χ0v) is 16.9. The molecule has 5 heteroatoms. The number of rotatable bonds is 5. The number of nitrogens with zero attached hydrogens (tertiary/aromatic N) is 2. The predicted molar refractivity (Wildman–Crippen MR) is 113 cm³/mol. The smallest absolute Gasteiger partial charge is 0.256 e. The molecule has 5 saturated carbocycles. The van der Waals surface area contributed by atoms with Gasteiger partial charge in [0, 0.05) is 12.1 Å². The highest BCUT2D eigenvalue weighted by Crippen LogP contribution is 2.63. The first-order valence-electron chi connectivity index (χ1n) is 11.4. The number of amides is 1. The van der Waals surface area contributed by atoms with E-state index in [4.69, 9.17) is 0 Å². The first-order valence-corrected chi connectivity index (χ1v) is 11.4. The second-order valence-corrected chi connectivity index (χ2v) is 9.97. The minimum absolute atomic E-state index is 0.0425. The predicted octanol–water partition coefficient (Wildman–Crippen LogP) is 4.54. The van der Waals surface area contributed by atoms with Gasteiger partial charge in [0.2, 0.25) is 0 Å². The van der Waals surface area contributed by atoms with Crippen molar-refractivity contribution >= 4 is 11.7 Å². The molecule has 5 fully saturated rings. The van der Waals surface area contributed by atoms with Crippen LogP contribution in [0.25, 0.3) is 5.69 Å². The first kappa shape index (κ1) is 17.5. The zero-order chi connectivity index (χ0) is 19.4. The number of aromatic nitrogens is 2. The third-order valence-electron chi connectivity index (χ3n) is 8.12. The monoisotopic (exact) mass is 390 g/mol. The lowest BCUT2D eigenvalue weighted by Crippen LogP contribution is -2.60. The van der Waals surface area contributed by atoms with Crippen molar-refractivity contribution in [1.29, 1.82) is 0 Å². The first-order chi connectivity index (χ1) is 14.2. The average molecular weight is 391 g/mol. The molecule has 1 spiro atoms. The van der Waals surface area contributed by atoms with Crippen LogP contribution in [0.15, 0.2) is 36.5 Å². The second kappa shape index (κ2) is 6.61. The molecule has 5 nitrogen and oxygen atoms in total. The molecule has 7 rings (SSSR count). The number of benzene rings is 1. The van der Waals surface area contributed by atoms with Gasteiger partial charge in [-0.15, -0.1) is 0 Å². The van der Waals surface area contributed by atoms with Gasteiger partial charge < -0.3 is 10.6 Å². The maximum atomic E-state index is 13.4. The van der Waals surface area contributed by atoms with Gasteiger partial charge >= 0.3 is 0 Å². The molecule has 2 unspecified atom stereocenters. The molecule has 0 saturated heterocycles. The maximum absolute atomic E-state index is 13.4. The van der Waals surface area contributed by atoms with Gasteiger partial charge in [-0.25, -0.2) is 4.68 Å². The highest BCUT2D eigenvalue weighted by Gasteiger charge is 2.57. The minimum atomic E-state index is 0.0425. The number of hydrogen-bond acceptors (Lipinski definition) is 3. The van der Waals surface area contributed by atoms with E-state index in [1.54, 1.807) is 6.20 Å². The number of para-hydroxylation sites is 1. The number of carbonyl (C=O) groups is 1. The number of hydrogen-bond donors (Lipinski definition) is 2. The summed E-state index contributed by atoms with van der Waals surface area (Å²) in [6.45, 7) is 0. The van der Waals surface area contributed by atoms with Crippen LogP contribution in [0.1, 0.15) is 68.1 Å². The van der Waals surface area contributed by atoms with E-state index in [1.165, 1.54) is 38.5 Å². The van der Waals surface area contributed by atoms with Gasteiger partial charge in [0.15, 0.2) is 0 Å². The Balaban J connectivity index is 1.27. The van der Waals surface area contributed by atoms with E-state index < -0.39 is 0 Å². The lowest BCUT2D eigenvalue weighted by atomic mass is 9.45. The molecule has 3 bridgehead atoms. The van der Waals surface area contributed by atoms with Gasteiger partial charge in [-0.1, -0.05) is 18.2 Å². The third-order valence-corrected chi connectivity index (χ3v) is 8.12. The van der Waals surface area contributed by atoms with Crippen LogP contribution in [0.3, 0.4) is 0 Å². The van der Waals surface area contributed by atoms with Crippen molar-refractivity contribution < 1.29 is 4.79 Å². The van der Waals surface area contributed by atoms with Crippen LogP contribution in [0.5, 0.6) is 0 Å². The van der Waals surface area contributed by atoms with Gasteiger partial charge in [-0.05, 0) is 87.2 Å². The number of anilines is 1. The molecule has 2 atom stereocenters. The Hall–Kier alpha value is -2.30. The lowest BCUT2D eigenvalue weighted by molar-refractivity contribution is -0.0940. The Kier molecular flexibility index (Phi) is 4.00. The van der Waals surface area contributed by atoms with Crippen molar-refractivity contribution in [3.8, 4) is 5.69 Å². The topological polar surface area (TPSA) is 59.0 Å². The molecule has 0 aliphatic heterocycles. The normalized spacial score (nSPS) is 32.8. The molecular formula is C24H30N4O. The quantitative estimate of drug-likeness (QED) is 0.788. The lowest BCUT2D eigenvalue weighted by Gasteiger charge is -2.62. The van der Waals surface area contributed by atoms with E-state index in [1.807, 2.05) is 35.0 Å². The molecule has 1 aromatic heterocycles. The summed E-state index contributed by atoms with van der Waals surface area (Å²) in [5.41, 5.74) is 2.06. The van der Waals surface area contributed by atoms with Gasteiger partial charge in [0.1, 0.15) is 11.4 Å². The summed E-state index contributed by atoms with van der Waals surface area (Å²) in [7, 11) is 0. The second-order valence-electron chi connectivity index (χ2n) is 9.97. The SMILES string of the molecule is O=C(NC1CCC2CC3CC1(C2)C3)c1cnn(-c2ccccc2)c1NC1CCC1. The molecular weight excluding hydrogens is 360 g/mol. The van der Waals surface area contributed by atoms with Crippen LogP contribution in [-0.2, 0) is 0 Å². The van der Waals surface area contributed by atoms with E-state index in [2.05, 4.69) is 15.7 Å². The van der Waals surface area contributed by atoms with Crippen LogP contribution in [0.2, 0.25) is 0 Å². The standard InChI is InChI=1S/C24H30N4O/c29-23(27-21-10-9-16-11-17-13-24(21,12-16)14-17)20-15-25-28(19-7-2-1-3-8-19)22(20)26-18-5-4-6-18/h1-3,7-8,15-18,21,26H,4-6,9-14H2,(H,27,29). The number of nitrogens with one attached hydrogen (secondary N) is 2. The van der Waals surface area contributed by atoms with Crippen molar-refractivity contribution in [3.05, 3.63) is 42.1 Å². The fourth-order valence-corrected chi connectivity index (χ4v) is 6.53. The van der Waals surface area contributed by atoms with Gasteiger partial charge in [-0.3, -0.25) is 4.79 Å². The summed E-state index contributed by atoms with van der Waals surface area (Å²) >= 11 is 0. The van der Waals surface area contributed by atoms with Crippen molar-refractivity contribution in [1.82, 2.24) is 15.1 Å². The Morgan fingerprint density at radius 3 is 2.59 bits per heavy atom. The van der Waals surface area contributed by atoms with Crippen LogP contribution in [-0.4, -0.2) is 27.8 Å². The molecule has 1 amide bonds. The minimum Gasteiger partial charge on any atom is -0.367 e. The Labute approximate surface area is 172 Å². The molecule has 2 N–H and O–H groups in total.